The number of benzene rings is 1. The van der Waals surface area contributed by atoms with E-state index in [0.29, 0.717) is 29.5 Å². The summed E-state index contributed by atoms with van der Waals surface area (Å²) in [6.07, 6.45) is -0.627. The highest BCUT2D eigenvalue weighted by Gasteiger charge is 2.40. The Labute approximate surface area is 157 Å². The summed E-state index contributed by atoms with van der Waals surface area (Å²) >= 11 is 0. The van der Waals surface area contributed by atoms with Gasteiger partial charge < -0.3 is 15.3 Å². The predicted octanol–water partition coefficient (Wildman–Crippen LogP) is 1.28. The Morgan fingerprint density at radius 1 is 1.30 bits per heavy atom. The van der Waals surface area contributed by atoms with Gasteiger partial charge in [-0.05, 0) is 37.5 Å². The SMILES string of the molecule is CC(C)NC(=O)CC(O)c1cccc2c1CN(C1CCC(=O)CC1=O)C2=O. The van der Waals surface area contributed by atoms with Crippen molar-refractivity contribution in [3.63, 3.8) is 0 Å². The molecule has 2 N–H and O–H groups in total. The maximum atomic E-state index is 12.8. The van der Waals surface area contributed by atoms with E-state index in [1.54, 1.807) is 18.2 Å². The predicted molar refractivity (Wildman–Crippen MR) is 96.8 cm³/mol. The maximum absolute atomic E-state index is 12.8. The zero-order valence-corrected chi connectivity index (χ0v) is 15.5. The van der Waals surface area contributed by atoms with Crippen LogP contribution in [0.15, 0.2) is 18.2 Å². The molecule has 1 heterocycles. The number of ketones is 2. The van der Waals surface area contributed by atoms with Gasteiger partial charge in [-0.1, -0.05) is 12.1 Å². The van der Waals surface area contributed by atoms with Crippen LogP contribution >= 0.6 is 0 Å². The number of carbonyl (C=O) groups excluding carboxylic acids is 4. The van der Waals surface area contributed by atoms with Crippen LogP contribution in [0, 0.1) is 0 Å². The Bertz CT molecular complexity index is 802. The first-order valence-electron chi connectivity index (χ1n) is 9.22. The molecule has 3 rings (SSSR count). The third-order valence-corrected chi connectivity index (χ3v) is 5.04. The van der Waals surface area contributed by atoms with Crippen molar-refractivity contribution in [2.45, 2.75) is 64.3 Å². The molecule has 0 radical (unpaired) electrons. The van der Waals surface area contributed by atoms with Crippen molar-refractivity contribution >= 4 is 23.4 Å². The smallest absolute Gasteiger partial charge is 0.255 e. The number of aliphatic hydroxyl groups excluding tert-OH is 1. The average molecular weight is 372 g/mol. The Balaban J connectivity index is 1.80. The van der Waals surface area contributed by atoms with E-state index < -0.39 is 12.1 Å². The number of rotatable bonds is 5. The maximum Gasteiger partial charge on any atom is 0.255 e. The number of Topliss-reactive ketones (excluding diaryl/α,β-unsaturated/α-hetero) is 2. The van der Waals surface area contributed by atoms with Crippen molar-refractivity contribution in [1.29, 1.82) is 0 Å². The monoisotopic (exact) mass is 372 g/mol. The summed E-state index contributed by atoms with van der Waals surface area (Å²) in [6.45, 7) is 3.89. The summed E-state index contributed by atoms with van der Waals surface area (Å²) in [6, 6.07) is 4.42. The van der Waals surface area contributed by atoms with Crippen LogP contribution in [-0.2, 0) is 20.9 Å². The molecule has 1 aromatic rings. The van der Waals surface area contributed by atoms with Gasteiger partial charge >= 0.3 is 0 Å². The Morgan fingerprint density at radius 2 is 2.04 bits per heavy atom. The fourth-order valence-electron chi connectivity index (χ4n) is 3.80. The minimum atomic E-state index is -1.03. The van der Waals surface area contributed by atoms with Crippen molar-refractivity contribution < 1.29 is 24.3 Å². The van der Waals surface area contributed by atoms with Gasteiger partial charge in [-0.25, -0.2) is 0 Å². The van der Waals surface area contributed by atoms with Crippen LogP contribution in [0.25, 0.3) is 0 Å². The topological polar surface area (TPSA) is 104 Å². The summed E-state index contributed by atoms with van der Waals surface area (Å²) in [5.41, 5.74) is 1.62. The van der Waals surface area contributed by atoms with E-state index in [-0.39, 0.29) is 48.8 Å². The molecule has 1 fully saturated rings. The molecule has 7 nitrogen and oxygen atoms in total. The zero-order chi connectivity index (χ0) is 19.7. The number of fused-ring (bicyclic) bond motifs is 1. The normalized spacial score (nSPS) is 20.8. The molecule has 1 aromatic carbocycles. The van der Waals surface area contributed by atoms with Gasteiger partial charge in [-0.15, -0.1) is 0 Å². The third kappa shape index (κ3) is 3.93. The lowest BCUT2D eigenvalue weighted by Gasteiger charge is -2.29. The molecule has 0 bridgehead atoms. The van der Waals surface area contributed by atoms with Crippen molar-refractivity contribution in [3.8, 4) is 0 Å². The number of hydrogen-bond acceptors (Lipinski definition) is 5. The van der Waals surface area contributed by atoms with E-state index in [9.17, 15) is 24.3 Å². The molecule has 1 aliphatic heterocycles. The molecule has 2 aliphatic rings. The van der Waals surface area contributed by atoms with Gasteiger partial charge in [0.2, 0.25) is 5.91 Å². The van der Waals surface area contributed by atoms with Gasteiger partial charge in [0, 0.05) is 24.6 Å². The standard InChI is InChI=1S/C20H24N2O5/c1-11(2)21-19(26)9-17(24)13-4-3-5-14-15(13)10-22(20(14)27)16-7-6-12(23)8-18(16)25/h3-5,11,16-17,24H,6-10H2,1-2H3,(H,21,26). The van der Waals surface area contributed by atoms with Crippen molar-refractivity contribution in [2.24, 2.45) is 0 Å². The lowest BCUT2D eigenvalue weighted by atomic mass is 9.92. The molecule has 0 saturated heterocycles. The molecule has 144 valence electrons. The summed E-state index contributed by atoms with van der Waals surface area (Å²) in [7, 11) is 0. The van der Waals surface area contributed by atoms with Crippen LogP contribution in [0.2, 0.25) is 0 Å². The van der Waals surface area contributed by atoms with Gasteiger partial charge in [0.1, 0.15) is 5.78 Å². The second-order valence-electron chi connectivity index (χ2n) is 7.48. The first-order chi connectivity index (χ1) is 12.8. The average Bonchev–Trinajstić information content (AvgIpc) is 2.91. The quantitative estimate of drug-likeness (QED) is 0.758. The van der Waals surface area contributed by atoms with E-state index in [1.807, 2.05) is 13.8 Å². The van der Waals surface area contributed by atoms with E-state index >= 15 is 0 Å². The Kier molecular flexibility index (Phi) is 5.41. The molecular formula is C20H24N2O5. The van der Waals surface area contributed by atoms with Crippen LogP contribution in [0.1, 0.15) is 67.1 Å². The first kappa shape index (κ1) is 19.2. The number of hydrogen-bond donors (Lipinski definition) is 2. The molecule has 7 heteroatoms. The first-order valence-corrected chi connectivity index (χ1v) is 9.22. The third-order valence-electron chi connectivity index (χ3n) is 5.04. The van der Waals surface area contributed by atoms with Gasteiger partial charge in [-0.3, -0.25) is 19.2 Å². The van der Waals surface area contributed by atoms with E-state index in [1.165, 1.54) is 4.90 Å². The van der Waals surface area contributed by atoms with Gasteiger partial charge in [0.15, 0.2) is 5.78 Å². The van der Waals surface area contributed by atoms with Gasteiger partial charge in [0.05, 0.1) is 25.0 Å². The van der Waals surface area contributed by atoms with Gasteiger partial charge in [0.25, 0.3) is 5.91 Å². The van der Waals surface area contributed by atoms with Crippen LogP contribution in [0.4, 0.5) is 0 Å². The highest BCUT2D eigenvalue weighted by molar-refractivity contribution is 6.07. The minimum Gasteiger partial charge on any atom is -0.388 e. The second-order valence-corrected chi connectivity index (χ2v) is 7.48. The Hall–Kier alpha value is -2.54. The van der Waals surface area contributed by atoms with Crippen LogP contribution in [-0.4, -0.2) is 45.5 Å². The second kappa shape index (κ2) is 7.60. The van der Waals surface area contributed by atoms with Crippen LogP contribution < -0.4 is 5.32 Å². The molecule has 1 aliphatic carbocycles. The van der Waals surface area contributed by atoms with Crippen molar-refractivity contribution in [2.75, 3.05) is 0 Å². The number of amides is 2. The zero-order valence-electron chi connectivity index (χ0n) is 15.5. The minimum absolute atomic E-state index is 0.0247. The number of aliphatic hydroxyl groups is 1. The highest BCUT2D eigenvalue weighted by atomic mass is 16.3. The van der Waals surface area contributed by atoms with Crippen molar-refractivity contribution in [1.82, 2.24) is 10.2 Å². The molecule has 0 aromatic heterocycles. The van der Waals surface area contributed by atoms with E-state index in [0.717, 1.165) is 0 Å². The summed E-state index contributed by atoms with van der Waals surface area (Å²) in [5, 5.41) is 13.3. The summed E-state index contributed by atoms with van der Waals surface area (Å²) < 4.78 is 0. The lowest BCUT2D eigenvalue weighted by molar-refractivity contribution is -0.133. The molecule has 27 heavy (non-hydrogen) atoms. The lowest BCUT2D eigenvalue weighted by Crippen LogP contribution is -2.44. The number of carbonyl (C=O) groups is 4. The largest absolute Gasteiger partial charge is 0.388 e. The molecule has 2 amide bonds. The van der Waals surface area contributed by atoms with Crippen LogP contribution in [0.3, 0.4) is 0 Å². The number of nitrogens with one attached hydrogen (secondary N) is 1. The van der Waals surface area contributed by atoms with Crippen LogP contribution in [0.5, 0.6) is 0 Å². The van der Waals surface area contributed by atoms with E-state index in [2.05, 4.69) is 5.32 Å². The summed E-state index contributed by atoms with van der Waals surface area (Å²) in [5.74, 6) is -0.853. The molecule has 1 saturated carbocycles. The summed E-state index contributed by atoms with van der Waals surface area (Å²) in [4.78, 5) is 49.9. The van der Waals surface area contributed by atoms with Crippen molar-refractivity contribution in [3.05, 3.63) is 34.9 Å². The number of nitrogens with zero attached hydrogens (tertiary/aromatic N) is 1. The fraction of sp³-hybridized carbons (Fsp3) is 0.500. The molecule has 2 atom stereocenters. The molecule has 0 spiro atoms. The van der Waals surface area contributed by atoms with E-state index in [4.69, 9.17) is 0 Å². The molecular weight excluding hydrogens is 348 g/mol. The Morgan fingerprint density at radius 3 is 2.70 bits per heavy atom. The molecule has 2 unspecified atom stereocenters. The fourth-order valence-corrected chi connectivity index (χ4v) is 3.80. The van der Waals surface area contributed by atoms with Gasteiger partial charge in [-0.2, -0.15) is 0 Å². The highest BCUT2D eigenvalue weighted by Crippen LogP contribution is 2.34.